The monoisotopic (exact) mass is 290 g/mol. The lowest BCUT2D eigenvalue weighted by Crippen LogP contribution is -1.94. The van der Waals surface area contributed by atoms with Crippen LogP contribution in [0.1, 0.15) is 15.8 Å². The molecule has 0 aliphatic rings. The zero-order valence-corrected chi connectivity index (χ0v) is 11.4. The fourth-order valence-corrected chi connectivity index (χ4v) is 3.16. The molecule has 1 unspecified atom stereocenters. The van der Waals surface area contributed by atoms with Crippen LogP contribution in [-0.2, 0) is 6.42 Å². The number of alkyl halides is 1. The van der Waals surface area contributed by atoms with Crippen molar-refractivity contribution in [3.05, 3.63) is 56.2 Å². The van der Waals surface area contributed by atoms with Crippen molar-refractivity contribution in [2.45, 2.75) is 11.8 Å². The van der Waals surface area contributed by atoms with Gasteiger partial charge in [0, 0.05) is 21.3 Å². The van der Waals surface area contributed by atoms with Gasteiger partial charge in [-0.25, -0.2) is 0 Å². The fourth-order valence-electron chi connectivity index (χ4n) is 1.48. The Labute approximate surface area is 114 Å². The minimum absolute atomic E-state index is 0.0881. The van der Waals surface area contributed by atoms with Crippen molar-refractivity contribution in [2.24, 2.45) is 0 Å². The molecule has 2 aromatic rings. The van der Waals surface area contributed by atoms with E-state index >= 15 is 0 Å². The van der Waals surface area contributed by atoms with E-state index in [1.165, 1.54) is 4.88 Å². The van der Waals surface area contributed by atoms with Gasteiger partial charge in [-0.2, -0.15) is 0 Å². The smallest absolute Gasteiger partial charge is 0.0634 e. The maximum absolute atomic E-state index is 6.33. The van der Waals surface area contributed by atoms with Crippen LogP contribution in [0.25, 0.3) is 0 Å². The van der Waals surface area contributed by atoms with Crippen LogP contribution in [0.5, 0.6) is 0 Å². The van der Waals surface area contributed by atoms with E-state index in [2.05, 4.69) is 6.07 Å². The second kappa shape index (κ2) is 5.42. The molecular weight excluding hydrogens is 283 g/mol. The molecule has 0 fully saturated rings. The Bertz CT molecular complexity index is 445. The van der Waals surface area contributed by atoms with E-state index in [4.69, 9.17) is 34.8 Å². The van der Waals surface area contributed by atoms with Crippen LogP contribution in [0.4, 0.5) is 0 Å². The fraction of sp³-hybridized carbons (Fsp3) is 0.167. The van der Waals surface area contributed by atoms with Gasteiger partial charge >= 0.3 is 0 Å². The average molecular weight is 292 g/mol. The Morgan fingerprint density at radius 3 is 2.38 bits per heavy atom. The first-order chi connectivity index (χ1) is 7.65. The molecule has 0 nitrogen and oxygen atoms in total. The summed E-state index contributed by atoms with van der Waals surface area (Å²) in [5.74, 6) is 0. The van der Waals surface area contributed by atoms with Gasteiger partial charge in [0.2, 0.25) is 0 Å². The standard InChI is InChI=1S/C12H9Cl3S/c13-9-4-8(5-10(14)6-9)12(15)7-11-2-1-3-16-11/h1-6,12H,7H2. The maximum Gasteiger partial charge on any atom is 0.0634 e. The lowest BCUT2D eigenvalue weighted by atomic mass is 10.1. The molecule has 0 amide bonds. The molecule has 4 heteroatoms. The van der Waals surface area contributed by atoms with Crippen LogP contribution in [0.15, 0.2) is 35.7 Å². The second-order valence-corrected chi connectivity index (χ2v) is 5.89. The molecule has 2 rings (SSSR count). The zero-order chi connectivity index (χ0) is 11.5. The van der Waals surface area contributed by atoms with Crippen molar-refractivity contribution >= 4 is 46.1 Å². The lowest BCUT2D eigenvalue weighted by Gasteiger charge is -2.09. The van der Waals surface area contributed by atoms with Gasteiger partial charge in [-0.1, -0.05) is 29.3 Å². The Kier molecular flexibility index (Phi) is 4.15. The van der Waals surface area contributed by atoms with Crippen LogP contribution in [-0.4, -0.2) is 0 Å². The molecule has 0 N–H and O–H groups in total. The normalized spacial score (nSPS) is 12.7. The highest BCUT2D eigenvalue weighted by Gasteiger charge is 2.11. The largest absolute Gasteiger partial charge is 0.149 e. The van der Waals surface area contributed by atoms with E-state index in [1.54, 1.807) is 17.4 Å². The molecule has 1 atom stereocenters. The number of halogens is 3. The first kappa shape index (κ1) is 12.3. The summed E-state index contributed by atoms with van der Waals surface area (Å²) in [6, 6.07) is 9.53. The SMILES string of the molecule is Clc1cc(Cl)cc(C(Cl)Cc2cccs2)c1. The number of hydrogen-bond donors (Lipinski definition) is 0. The van der Waals surface area contributed by atoms with Crippen molar-refractivity contribution in [1.29, 1.82) is 0 Å². The second-order valence-electron chi connectivity index (χ2n) is 3.45. The molecule has 0 bridgehead atoms. The highest BCUT2D eigenvalue weighted by molar-refractivity contribution is 7.09. The van der Waals surface area contributed by atoms with Gasteiger partial charge in [0.25, 0.3) is 0 Å². The molecule has 0 aliphatic heterocycles. The summed E-state index contributed by atoms with van der Waals surface area (Å²) in [7, 11) is 0. The van der Waals surface area contributed by atoms with Crippen molar-refractivity contribution < 1.29 is 0 Å². The summed E-state index contributed by atoms with van der Waals surface area (Å²) in [5.41, 5.74) is 0.965. The van der Waals surface area contributed by atoms with E-state index in [1.807, 2.05) is 23.6 Å². The molecule has 1 aromatic heterocycles. The Hall–Kier alpha value is -0.210. The van der Waals surface area contributed by atoms with Gasteiger partial charge < -0.3 is 0 Å². The molecule has 0 saturated heterocycles. The average Bonchev–Trinajstić information content (AvgIpc) is 2.68. The topological polar surface area (TPSA) is 0 Å². The molecule has 1 heterocycles. The zero-order valence-electron chi connectivity index (χ0n) is 8.29. The number of rotatable bonds is 3. The molecule has 0 aliphatic carbocycles. The van der Waals surface area contributed by atoms with Crippen molar-refractivity contribution in [2.75, 3.05) is 0 Å². The van der Waals surface area contributed by atoms with Gasteiger partial charge in [0.15, 0.2) is 0 Å². The summed E-state index contributed by atoms with van der Waals surface area (Å²) in [6.07, 6.45) is 0.801. The van der Waals surface area contributed by atoms with E-state index in [0.717, 1.165) is 12.0 Å². The first-order valence-corrected chi connectivity index (χ1v) is 6.85. The molecule has 16 heavy (non-hydrogen) atoms. The Balaban J connectivity index is 2.17. The van der Waals surface area contributed by atoms with Crippen molar-refractivity contribution in [3.63, 3.8) is 0 Å². The van der Waals surface area contributed by atoms with Gasteiger partial charge in [0.05, 0.1) is 5.38 Å². The van der Waals surface area contributed by atoms with E-state index in [-0.39, 0.29) is 5.38 Å². The third-order valence-electron chi connectivity index (χ3n) is 2.21. The summed E-state index contributed by atoms with van der Waals surface area (Å²) in [6.45, 7) is 0. The van der Waals surface area contributed by atoms with E-state index in [0.29, 0.717) is 10.0 Å². The van der Waals surface area contributed by atoms with Gasteiger partial charge in [-0.15, -0.1) is 22.9 Å². The third-order valence-corrected chi connectivity index (χ3v) is 3.95. The van der Waals surface area contributed by atoms with E-state index < -0.39 is 0 Å². The number of thiophene rings is 1. The van der Waals surface area contributed by atoms with Crippen LogP contribution >= 0.6 is 46.1 Å². The predicted octanol–water partition coefficient (Wildman–Crippen LogP) is 5.58. The number of benzene rings is 1. The Morgan fingerprint density at radius 2 is 1.81 bits per heavy atom. The molecule has 84 valence electrons. The summed E-state index contributed by atoms with van der Waals surface area (Å²) in [5, 5.41) is 3.21. The lowest BCUT2D eigenvalue weighted by molar-refractivity contribution is 0.938. The maximum atomic E-state index is 6.33. The van der Waals surface area contributed by atoms with Gasteiger partial charge in [-0.3, -0.25) is 0 Å². The van der Waals surface area contributed by atoms with E-state index in [9.17, 15) is 0 Å². The minimum atomic E-state index is -0.0881. The van der Waals surface area contributed by atoms with Gasteiger partial charge in [-0.05, 0) is 35.2 Å². The quantitative estimate of drug-likeness (QED) is 0.648. The highest BCUT2D eigenvalue weighted by Crippen LogP contribution is 2.30. The van der Waals surface area contributed by atoms with Crippen molar-refractivity contribution in [1.82, 2.24) is 0 Å². The summed E-state index contributed by atoms with van der Waals surface area (Å²) < 4.78 is 0. The van der Waals surface area contributed by atoms with Crippen molar-refractivity contribution in [3.8, 4) is 0 Å². The highest BCUT2D eigenvalue weighted by atomic mass is 35.5. The van der Waals surface area contributed by atoms with Crippen LogP contribution < -0.4 is 0 Å². The first-order valence-electron chi connectivity index (χ1n) is 4.77. The molecule has 1 aromatic carbocycles. The number of hydrogen-bond acceptors (Lipinski definition) is 1. The molecule has 0 radical (unpaired) electrons. The summed E-state index contributed by atoms with van der Waals surface area (Å²) in [4.78, 5) is 1.26. The molecule has 0 saturated carbocycles. The van der Waals surface area contributed by atoms with Crippen LogP contribution in [0, 0.1) is 0 Å². The summed E-state index contributed by atoms with van der Waals surface area (Å²) >= 11 is 19.9. The molecule has 0 spiro atoms. The van der Waals surface area contributed by atoms with Crippen LogP contribution in [0.2, 0.25) is 10.0 Å². The van der Waals surface area contributed by atoms with Gasteiger partial charge in [0.1, 0.15) is 0 Å². The minimum Gasteiger partial charge on any atom is -0.149 e. The molecular formula is C12H9Cl3S. The van der Waals surface area contributed by atoms with Crippen LogP contribution in [0.3, 0.4) is 0 Å². The third kappa shape index (κ3) is 3.14. The predicted molar refractivity (Wildman–Crippen MR) is 73.1 cm³/mol. The Morgan fingerprint density at radius 1 is 1.12 bits per heavy atom.